The summed E-state index contributed by atoms with van der Waals surface area (Å²) in [5, 5.41) is 0. The molecule has 0 aliphatic rings. The summed E-state index contributed by atoms with van der Waals surface area (Å²) in [5.41, 5.74) is 15.6. The van der Waals surface area contributed by atoms with Crippen molar-refractivity contribution in [2.75, 3.05) is 6.26 Å². The van der Waals surface area contributed by atoms with Crippen molar-refractivity contribution in [1.82, 2.24) is 19.9 Å². The summed E-state index contributed by atoms with van der Waals surface area (Å²) in [4.78, 5) is 28.2. The number of H-pyrrole nitrogens is 1. The third-order valence-corrected chi connectivity index (χ3v) is 8.25. The van der Waals surface area contributed by atoms with E-state index in [1.54, 1.807) is 0 Å². The fourth-order valence-electron chi connectivity index (χ4n) is 6.26. The predicted octanol–water partition coefficient (Wildman–Crippen LogP) is 8.72. The second-order valence-corrected chi connectivity index (χ2v) is 14.7. The van der Waals surface area contributed by atoms with E-state index < -0.39 is 10.1 Å². The molecular weight excluding hydrogens is 645 g/mol. The van der Waals surface area contributed by atoms with Crippen LogP contribution >= 0.6 is 0 Å². The van der Waals surface area contributed by atoms with Crippen LogP contribution in [-0.4, -0.2) is 34.6 Å². The van der Waals surface area contributed by atoms with Crippen LogP contribution in [-0.2, 0) is 10.1 Å². The number of hydrogen-bond acceptors (Lipinski definition) is 7. The van der Waals surface area contributed by atoms with Crippen molar-refractivity contribution >= 4 is 10.1 Å². The second kappa shape index (κ2) is 14.6. The normalized spacial score (nSPS) is 11.1. The number of aromatic nitrogens is 4. The van der Waals surface area contributed by atoms with Crippen LogP contribution < -0.4 is 9.74 Å². The Kier molecular flexibility index (Phi) is 10.5. The van der Waals surface area contributed by atoms with E-state index in [1.807, 2.05) is 52.0 Å². The van der Waals surface area contributed by atoms with Crippen molar-refractivity contribution < 1.29 is 12.6 Å². The van der Waals surface area contributed by atoms with Crippen molar-refractivity contribution in [3.8, 4) is 50.9 Å². The maximum Gasteiger partial charge on any atom is 0.307 e. The van der Waals surface area contributed by atoms with Crippen LogP contribution in [0.1, 0.15) is 44.5 Å². The first-order chi connectivity index (χ1) is 23.5. The molecule has 6 rings (SSSR count). The number of nitrogens with one attached hydrogen (secondary N) is 1. The Morgan fingerprint density at radius 2 is 0.860 bits per heavy atom. The molecule has 0 bridgehead atoms. The van der Waals surface area contributed by atoms with Gasteiger partial charge >= 0.3 is 10.1 Å². The zero-order valence-electron chi connectivity index (χ0n) is 30.0. The summed E-state index contributed by atoms with van der Waals surface area (Å²) in [6.07, 6.45) is 3.68. The summed E-state index contributed by atoms with van der Waals surface area (Å²) >= 11 is 0. The van der Waals surface area contributed by atoms with Crippen LogP contribution in [0.5, 0.6) is 5.88 Å². The molecule has 0 saturated heterocycles. The van der Waals surface area contributed by atoms with E-state index in [-0.39, 0.29) is 11.4 Å². The van der Waals surface area contributed by atoms with Crippen molar-refractivity contribution in [3.05, 3.63) is 140 Å². The van der Waals surface area contributed by atoms with Gasteiger partial charge in [-0.1, -0.05) is 68.8 Å². The first-order valence-corrected chi connectivity index (χ1v) is 18.0. The zero-order chi connectivity index (χ0) is 36.3. The SMILES string of the molecule is Cc1cc(C)cc(-c2ncc(=O)[nH]c2-c2cc(C)cc(C)c2)c1.Cc1cc(C)cc(-c2ncc(OS(C)(=O)=O)nc2-c2cc(C)cc(C)c2)c1. The monoisotopic (exact) mass is 686 g/mol. The van der Waals surface area contributed by atoms with Crippen LogP contribution in [0.4, 0.5) is 0 Å². The van der Waals surface area contributed by atoms with E-state index in [0.717, 1.165) is 73.3 Å². The Balaban J connectivity index is 0.000000197. The van der Waals surface area contributed by atoms with Gasteiger partial charge in [0.05, 0.1) is 35.7 Å². The van der Waals surface area contributed by atoms with Crippen LogP contribution in [0.3, 0.4) is 0 Å². The van der Waals surface area contributed by atoms with Gasteiger partial charge in [0.25, 0.3) is 11.4 Å². The maximum absolute atomic E-state index is 11.8. The Hall–Kier alpha value is -5.41. The number of rotatable bonds is 6. The summed E-state index contributed by atoms with van der Waals surface area (Å²) in [6, 6.07) is 24.9. The first kappa shape index (κ1) is 35.9. The van der Waals surface area contributed by atoms with Crippen molar-refractivity contribution in [2.45, 2.75) is 55.4 Å². The lowest BCUT2D eigenvalue weighted by Crippen LogP contribution is -2.09. The molecule has 0 radical (unpaired) electrons. The van der Waals surface area contributed by atoms with Gasteiger partial charge in [-0.3, -0.25) is 4.79 Å². The molecule has 1 N–H and O–H groups in total. The molecule has 6 aromatic rings. The van der Waals surface area contributed by atoms with Gasteiger partial charge in [0.1, 0.15) is 5.69 Å². The Morgan fingerprint density at radius 3 is 1.28 bits per heavy atom. The molecule has 0 saturated carbocycles. The lowest BCUT2D eigenvalue weighted by atomic mass is 9.98. The van der Waals surface area contributed by atoms with Crippen molar-refractivity contribution in [2.24, 2.45) is 0 Å². The molecule has 0 aliphatic carbocycles. The maximum atomic E-state index is 11.8. The van der Waals surface area contributed by atoms with Crippen molar-refractivity contribution in [1.29, 1.82) is 0 Å². The van der Waals surface area contributed by atoms with Gasteiger partial charge in [-0.25, -0.2) is 15.0 Å². The van der Waals surface area contributed by atoms with Gasteiger partial charge in [-0.15, -0.1) is 0 Å². The topological polar surface area (TPSA) is 115 Å². The lowest BCUT2D eigenvalue weighted by Gasteiger charge is -2.13. The minimum Gasteiger partial charge on any atom is -0.360 e. The van der Waals surface area contributed by atoms with Crippen LogP contribution in [0, 0.1) is 55.4 Å². The van der Waals surface area contributed by atoms with E-state index in [2.05, 4.69) is 96.2 Å². The van der Waals surface area contributed by atoms with E-state index in [9.17, 15) is 13.2 Å². The number of aryl methyl sites for hydroxylation is 8. The molecule has 0 atom stereocenters. The molecule has 50 heavy (non-hydrogen) atoms. The summed E-state index contributed by atoms with van der Waals surface area (Å²) in [5.74, 6) is -0.0419. The average Bonchev–Trinajstić information content (AvgIpc) is 2.98. The molecule has 256 valence electrons. The molecule has 0 amide bonds. The first-order valence-electron chi connectivity index (χ1n) is 16.2. The molecule has 0 unspecified atom stereocenters. The Bertz CT molecular complexity index is 2320. The third-order valence-electron chi connectivity index (χ3n) is 7.78. The number of benzene rings is 4. The molecular formula is C41H42N4O4S. The molecule has 0 fully saturated rings. The fraction of sp³-hybridized carbons (Fsp3) is 0.220. The third kappa shape index (κ3) is 9.18. The van der Waals surface area contributed by atoms with Crippen molar-refractivity contribution in [3.63, 3.8) is 0 Å². The second-order valence-electron chi connectivity index (χ2n) is 13.2. The van der Waals surface area contributed by atoms with E-state index >= 15 is 0 Å². The van der Waals surface area contributed by atoms with Gasteiger partial charge in [0, 0.05) is 22.3 Å². The number of aromatic amines is 1. The molecule has 8 nitrogen and oxygen atoms in total. The smallest absolute Gasteiger partial charge is 0.307 e. The number of nitrogens with zero attached hydrogens (tertiary/aromatic N) is 3. The number of hydrogen-bond donors (Lipinski definition) is 1. The fourth-order valence-corrected chi connectivity index (χ4v) is 6.65. The molecule has 0 aliphatic heterocycles. The molecule has 9 heteroatoms. The quantitative estimate of drug-likeness (QED) is 0.174. The van der Waals surface area contributed by atoms with Crippen LogP contribution in [0.15, 0.2) is 90.0 Å². The standard InChI is InChI=1S/C21H22N2O3S.C20H20N2O/c1-13-6-14(2)9-17(8-13)20-21(18-10-15(3)7-16(4)11-18)23-19(12-22-20)26-27(5,24)25;1-12-5-13(2)8-16(7-12)19-20(22-18(23)11-21-19)17-9-14(3)6-15(4)10-17/h6-12H,1-5H3;5-11H,1-4H3,(H,22,23). The predicted molar refractivity (Wildman–Crippen MR) is 202 cm³/mol. The highest BCUT2D eigenvalue weighted by Crippen LogP contribution is 2.33. The summed E-state index contributed by atoms with van der Waals surface area (Å²) in [6.45, 7) is 16.3. The van der Waals surface area contributed by atoms with Gasteiger partial charge in [-0.2, -0.15) is 8.42 Å². The van der Waals surface area contributed by atoms with E-state index in [1.165, 1.54) is 23.5 Å². The molecule has 2 heterocycles. The minimum absolute atomic E-state index is 0.0419. The highest BCUT2D eigenvalue weighted by Gasteiger charge is 2.17. The average molecular weight is 687 g/mol. The van der Waals surface area contributed by atoms with Crippen LogP contribution in [0.25, 0.3) is 45.0 Å². The zero-order valence-corrected chi connectivity index (χ0v) is 30.8. The van der Waals surface area contributed by atoms with Crippen LogP contribution in [0.2, 0.25) is 0 Å². The summed E-state index contributed by atoms with van der Waals surface area (Å²) < 4.78 is 28.0. The van der Waals surface area contributed by atoms with Gasteiger partial charge in [-0.05, 0) is 104 Å². The van der Waals surface area contributed by atoms with Gasteiger partial charge in [0.2, 0.25) is 0 Å². The summed E-state index contributed by atoms with van der Waals surface area (Å²) in [7, 11) is -3.69. The molecule has 2 aromatic heterocycles. The Morgan fingerprint density at radius 1 is 0.500 bits per heavy atom. The van der Waals surface area contributed by atoms with Gasteiger partial charge in [0.15, 0.2) is 0 Å². The van der Waals surface area contributed by atoms with E-state index in [4.69, 9.17) is 4.18 Å². The Labute approximate surface area is 294 Å². The largest absolute Gasteiger partial charge is 0.360 e. The highest BCUT2D eigenvalue weighted by atomic mass is 32.2. The highest BCUT2D eigenvalue weighted by molar-refractivity contribution is 7.86. The van der Waals surface area contributed by atoms with Gasteiger partial charge < -0.3 is 9.17 Å². The lowest BCUT2D eigenvalue weighted by molar-refractivity contribution is 0.481. The van der Waals surface area contributed by atoms with E-state index in [0.29, 0.717) is 11.4 Å². The molecule has 4 aromatic carbocycles. The minimum atomic E-state index is -3.69. The molecule has 0 spiro atoms.